The third-order valence-electron chi connectivity index (χ3n) is 4.65. The SMILES string of the molecule is NC1CCCc2cn(CC(=O)NC3CCCCC3)cc21. The van der Waals surface area contributed by atoms with E-state index in [1.165, 1.54) is 30.4 Å². The van der Waals surface area contributed by atoms with Gasteiger partial charge in [0.25, 0.3) is 0 Å². The molecule has 1 heterocycles. The number of nitrogens with zero attached hydrogens (tertiary/aromatic N) is 1. The standard InChI is InChI=1S/C16H25N3O/c17-15-8-4-5-12-9-19(10-14(12)15)11-16(20)18-13-6-2-1-3-7-13/h9-10,13,15H,1-8,11,17H2,(H,18,20). The lowest BCUT2D eigenvalue weighted by molar-refractivity contribution is -0.122. The maximum absolute atomic E-state index is 12.1. The molecule has 1 aromatic rings. The predicted octanol–water partition coefficient (Wildman–Crippen LogP) is 2.27. The quantitative estimate of drug-likeness (QED) is 0.889. The van der Waals surface area contributed by atoms with Crippen LogP contribution < -0.4 is 11.1 Å². The number of amides is 1. The van der Waals surface area contributed by atoms with Crippen LogP contribution in [0.3, 0.4) is 0 Å². The van der Waals surface area contributed by atoms with Crippen LogP contribution in [0.5, 0.6) is 0 Å². The van der Waals surface area contributed by atoms with Crippen LogP contribution in [0.2, 0.25) is 0 Å². The van der Waals surface area contributed by atoms with E-state index in [1.54, 1.807) is 0 Å². The van der Waals surface area contributed by atoms with Crippen LogP contribution in [-0.4, -0.2) is 16.5 Å². The minimum absolute atomic E-state index is 0.137. The molecule has 3 N–H and O–H groups in total. The van der Waals surface area contributed by atoms with Crippen LogP contribution in [0.15, 0.2) is 12.4 Å². The molecule has 0 aromatic carbocycles. The molecule has 0 radical (unpaired) electrons. The summed E-state index contributed by atoms with van der Waals surface area (Å²) in [6.07, 6.45) is 13.6. The van der Waals surface area contributed by atoms with Crippen molar-refractivity contribution < 1.29 is 4.79 Å². The highest BCUT2D eigenvalue weighted by Crippen LogP contribution is 2.28. The normalized spacial score (nSPS) is 23.4. The fourth-order valence-corrected chi connectivity index (χ4v) is 3.56. The molecule has 4 heteroatoms. The average molecular weight is 275 g/mol. The molecular weight excluding hydrogens is 250 g/mol. The molecule has 1 saturated carbocycles. The van der Waals surface area contributed by atoms with Gasteiger partial charge in [-0.2, -0.15) is 0 Å². The molecule has 0 aliphatic heterocycles. The first-order valence-electron chi connectivity index (χ1n) is 7.96. The fraction of sp³-hybridized carbons (Fsp3) is 0.688. The van der Waals surface area contributed by atoms with Crippen molar-refractivity contribution in [1.29, 1.82) is 0 Å². The van der Waals surface area contributed by atoms with E-state index in [4.69, 9.17) is 5.73 Å². The van der Waals surface area contributed by atoms with Gasteiger partial charge in [-0.15, -0.1) is 0 Å². The van der Waals surface area contributed by atoms with E-state index in [1.807, 2.05) is 4.57 Å². The fourth-order valence-electron chi connectivity index (χ4n) is 3.56. The van der Waals surface area contributed by atoms with Gasteiger partial charge in [0, 0.05) is 24.5 Å². The zero-order valence-electron chi connectivity index (χ0n) is 12.1. The van der Waals surface area contributed by atoms with Crippen molar-refractivity contribution in [2.75, 3.05) is 0 Å². The van der Waals surface area contributed by atoms with Gasteiger partial charge < -0.3 is 15.6 Å². The molecule has 0 spiro atoms. The summed E-state index contributed by atoms with van der Waals surface area (Å²) in [6, 6.07) is 0.546. The van der Waals surface area contributed by atoms with Gasteiger partial charge in [0.1, 0.15) is 6.54 Å². The van der Waals surface area contributed by atoms with Crippen LogP contribution in [0, 0.1) is 0 Å². The van der Waals surface area contributed by atoms with Crippen molar-refractivity contribution in [3.05, 3.63) is 23.5 Å². The highest BCUT2D eigenvalue weighted by atomic mass is 16.2. The highest BCUT2D eigenvalue weighted by molar-refractivity contribution is 5.76. The number of carbonyl (C=O) groups is 1. The molecule has 3 rings (SSSR count). The Bertz CT molecular complexity index is 474. The third-order valence-corrected chi connectivity index (χ3v) is 4.65. The van der Waals surface area contributed by atoms with Gasteiger partial charge >= 0.3 is 0 Å². The van der Waals surface area contributed by atoms with Crippen molar-refractivity contribution in [3.8, 4) is 0 Å². The summed E-state index contributed by atoms with van der Waals surface area (Å²) >= 11 is 0. The number of nitrogens with two attached hydrogens (primary N) is 1. The van der Waals surface area contributed by atoms with Crippen LogP contribution in [0.1, 0.15) is 62.1 Å². The molecule has 1 amide bonds. The molecule has 1 atom stereocenters. The van der Waals surface area contributed by atoms with Gasteiger partial charge in [-0.3, -0.25) is 4.79 Å². The number of nitrogens with one attached hydrogen (secondary N) is 1. The third kappa shape index (κ3) is 3.06. The molecule has 110 valence electrons. The van der Waals surface area contributed by atoms with E-state index < -0.39 is 0 Å². The number of fused-ring (bicyclic) bond motifs is 1. The Labute approximate surface area is 120 Å². The molecule has 20 heavy (non-hydrogen) atoms. The molecule has 0 bridgehead atoms. The lowest BCUT2D eigenvalue weighted by Crippen LogP contribution is -2.38. The first kappa shape index (κ1) is 13.7. The highest BCUT2D eigenvalue weighted by Gasteiger charge is 2.20. The van der Waals surface area contributed by atoms with Crippen LogP contribution >= 0.6 is 0 Å². The van der Waals surface area contributed by atoms with E-state index in [9.17, 15) is 4.79 Å². The van der Waals surface area contributed by atoms with Gasteiger partial charge in [-0.25, -0.2) is 0 Å². The summed E-state index contributed by atoms with van der Waals surface area (Å²) < 4.78 is 2.01. The molecule has 2 aliphatic rings. The maximum atomic E-state index is 12.1. The van der Waals surface area contributed by atoms with Gasteiger partial charge in [0.15, 0.2) is 0 Å². The molecule has 0 saturated heterocycles. The van der Waals surface area contributed by atoms with Gasteiger partial charge in [-0.1, -0.05) is 19.3 Å². The summed E-state index contributed by atoms with van der Waals surface area (Å²) in [6.45, 7) is 0.427. The number of hydrogen-bond donors (Lipinski definition) is 2. The second kappa shape index (κ2) is 6.00. The van der Waals surface area contributed by atoms with Gasteiger partial charge in [-0.05, 0) is 43.2 Å². The monoisotopic (exact) mass is 275 g/mol. The molecule has 1 fully saturated rings. The first-order valence-corrected chi connectivity index (χ1v) is 7.96. The smallest absolute Gasteiger partial charge is 0.240 e. The topological polar surface area (TPSA) is 60.0 Å². The minimum atomic E-state index is 0.137. The number of hydrogen-bond acceptors (Lipinski definition) is 2. The van der Waals surface area contributed by atoms with E-state index >= 15 is 0 Å². The van der Waals surface area contributed by atoms with Crippen molar-refractivity contribution in [2.24, 2.45) is 5.73 Å². The lowest BCUT2D eigenvalue weighted by atomic mass is 9.92. The number of aromatic nitrogens is 1. The van der Waals surface area contributed by atoms with E-state index in [2.05, 4.69) is 17.7 Å². The Kier molecular flexibility index (Phi) is 4.10. The Morgan fingerprint density at radius 2 is 2.00 bits per heavy atom. The molecular formula is C16H25N3O. The molecule has 1 unspecified atom stereocenters. The summed E-state index contributed by atoms with van der Waals surface area (Å²) in [7, 11) is 0. The molecule has 2 aliphatic carbocycles. The second-order valence-electron chi connectivity index (χ2n) is 6.31. The summed E-state index contributed by atoms with van der Waals surface area (Å²) in [5, 5.41) is 3.17. The van der Waals surface area contributed by atoms with E-state index in [0.717, 1.165) is 32.1 Å². The Morgan fingerprint density at radius 1 is 1.20 bits per heavy atom. The van der Waals surface area contributed by atoms with E-state index in [0.29, 0.717) is 12.6 Å². The Hall–Kier alpha value is -1.29. The maximum Gasteiger partial charge on any atom is 0.240 e. The second-order valence-corrected chi connectivity index (χ2v) is 6.31. The first-order chi connectivity index (χ1) is 9.72. The van der Waals surface area contributed by atoms with Crippen molar-refractivity contribution in [1.82, 2.24) is 9.88 Å². The largest absolute Gasteiger partial charge is 0.352 e. The zero-order valence-corrected chi connectivity index (χ0v) is 12.1. The van der Waals surface area contributed by atoms with Crippen LogP contribution in [0.4, 0.5) is 0 Å². The van der Waals surface area contributed by atoms with Crippen molar-refractivity contribution >= 4 is 5.91 Å². The lowest BCUT2D eigenvalue weighted by Gasteiger charge is -2.22. The summed E-state index contributed by atoms with van der Waals surface area (Å²) in [5.41, 5.74) is 8.69. The summed E-state index contributed by atoms with van der Waals surface area (Å²) in [4.78, 5) is 12.1. The van der Waals surface area contributed by atoms with Gasteiger partial charge in [0.2, 0.25) is 5.91 Å². The summed E-state index contributed by atoms with van der Waals surface area (Å²) in [5.74, 6) is 0.137. The zero-order chi connectivity index (χ0) is 13.9. The molecule has 4 nitrogen and oxygen atoms in total. The number of aryl methyl sites for hydroxylation is 1. The number of rotatable bonds is 3. The van der Waals surface area contributed by atoms with Crippen molar-refractivity contribution in [3.63, 3.8) is 0 Å². The van der Waals surface area contributed by atoms with Gasteiger partial charge in [0.05, 0.1) is 0 Å². The molecule has 1 aromatic heterocycles. The number of carbonyl (C=O) groups excluding carboxylic acids is 1. The van der Waals surface area contributed by atoms with Crippen LogP contribution in [0.25, 0.3) is 0 Å². The Morgan fingerprint density at radius 3 is 2.75 bits per heavy atom. The van der Waals surface area contributed by atoms with Crippen molar-refractivity contribution in [2.45, 2.75) is 70.0 Å². The predicted molar refractivity (Wildman–Crippen MR) is 79.3 cm³/mol. The average Bonchev–Trinajstić information content (AvgIpc) is 2.83. The van der Waals surface area contributed by atoms with E-state index in [-0.39, 0.29) is 11.9 Å². The Balaban J connectivity index is 1.58. The van der Waals surface area contributed by atoms with Crippen LogP contribution in [-0.2, 0) is 17.8 Å². The minimum Gasteiger partial charge on any atom is -0.352 e.